The van der Waals surface area contributed by atoms with Gasteiger partial charge in [-0.3, -0.25) is 0 Å². The van der Waals surface area contributed by atoms with Crippen molar-refractivity contribution in [3.8, 4) is 0 Å². The van der Waals surface area contributed by atoms with Crippen LogP contribution in [0.2, 0.25) is 0 Å². The van der Waals surface area contributed by atoms with Crippen LogP contribution in [-0.2, 0) is 0 Å². The van der Waals surface area contributed by atoms with E-state index in [0.717, 1.165) is 11.8 Å². The minimum atomic E-state index is 0.984. The van der Waals surface area contributed by atoms with E-state index in [-0.39, 0.29) is 0 Å². The van der Waals surface area contributed by atoms with Gasteiger partial charge in [-0.15, -0.1) is 0 Å². The third-order valence-electron chi connectivity index (χ3n) is 2.53. The molecule has 1 saturated heterocycles. The third kappa shape index (κ3) is 1.11. The van der Waals surface area contributed by atoms with E-state index in [1.807, 2.05) is 0 Å². The molecule has 51 valence electrons. The van der Waals surface area contributed by atoms with Crippen LogP contribution in [0.4, 0.5) is 0 Å². The van der Waals surface area contributed by atoms with Crippen LogP contribution in [0, 0.1) is 18.3 Å². The standard InChI is InChI=1S/C8H14N/c1-2-7-4-8(3-1)6-9-5-7/h1,7-9H,2-6H2. The SMILES string of the molecule is [CH]1CC2CNCC(C1)C2. The van der Waals surface area contributed by atoms with Crippen LogP contribution in [0.3, 0.4) is 0 Å². The molecule has 1 radical (unpaired) electrons. The Kier molecular flexibility index (Phi) is 1.46. The molecule has 1 heterocycles. The van der Waals surface area contributed by atoms with E-state index in [0.29, 0.717) is 0 Å². The van der Waals surface area contributed by atoms with Crippen molar-refractivity contribution in [1.82, 2.24) is 5.32 Å². The molecule has 1 saturated carbocycles. The molecule has 2 bridgehead atoms. The molecule has 1 heteroatoms. The number of rotatable bonds is 0. The molecular formula is C8H14N. The summed E-state index contributed by atoms with van der Waals surface area (Å²) in [5.74, 6) is 1.97. The normalized spacial score (nSPS) is 42.7. The van der Waals surface area contributed by atoms with Crippen molar-refractivity contribution in [2.24, 2.45) is 11.8 Å². The van der Waals surface area contributed by atoms with Crippen molar-refractivity contribution < 1.29 is 0 Å². The van der Waals surface area contributed by atoms with Gasteiger partial charge >= 0.3 is 0 Å². The second-order valence-electron chi connectivity index (χ2n) is 3.39. The highest BCUT2D eigenvalue weighted by Crippen LogP contribution is 2.29. The van der Waals surface area contributed by atoms with Crippen LogP contribution in [0.25, 0.3) is 0 Å². The Morgan fingerprint density at radius 1 is 1.11 bits per heavy atom. The van der Waals surface area contributed by atoms with E-state index in [4.69, 9.17) is 0 Å². The molecule has 2 rings (SSSR count). The fourth-order valence-corrected chi connectivity index (χ4v) is 2.06. The van der Waals surface area contributed by atoms with Gasteiger partial charge in [0.2, 0.25) is 0 Å². The lowest BCUT2D eigenvalue weighted by Gasteiger charge is -2.34. The first kappa shape index (κ1) is 5.72. The molecule has 9 heavy (non-hydrogen) atoms. The van der Waals surface area contributed by atoms with Gasteiger partial charge in [-0.2, -0.15) is 0 Å². The molecule has 0 aromatic heterocycles. The maximum atomic E-state index is 3.47. The quantitative estimate of drug-likeness (QED) is 0.512. The van der Waals surface area contributed by atoms with Gasteiger partial charge in [0.05, 0.1) is 0 Å². The molecule has 0 aromatic carbocycles. The Hall–Kier alpha value is -0.0400. The molecule has 1 N–H and O–H groups in total. The molecular weight excluding hydrogens is 110 g/mol. The molecule has 2 atom stereocenters. The summed E-state index contributed by atoms with van der Waals surface area (Å²) < 4.78 is 0. The average molecular weight is 124 g/mol. The molecule has 0 amide bonds. The maximum Gasteiger partial charge on any atom is -0.00202 e. The highest BCUT2D eigenvalue weighted by molar-refractivity contribution is 4.88. The monoisotopic (exact) mass is 124 g/mol. The Bertz CT molecular complexity index is 80.7. The fourth-order valence-electron chi connectivity index (χ4n) is 2.06. The molecule has 2 fully saturated rings. The number of fused-ring (bicyclic) bond motifs is 2. The summed E-state index contributed by atoms with van der Waals surface area (Å²) in [5.41, 5.74) is 0. The van der Waals surface area contributed by atoms with Crippen LogP contribution in [-0.4, -0.2) is 13.1 Å². The molecule has 2 unspecified atom stereocenters. The van der Waals surface area contributed by atoms with E-state index < -0.39 is 0 Å². The van der Waals surface area contributed by atoms with Crippen molar-refractivity contribution in [2.75, 3.05) is 13.1 Å². The van der Waals surface area contributed by atoms with Crippen molar-refractivity contribution in [3.05, 3.63) is 6.42 Å². The lowest BCUT2D eigenvalue weighted by atomic mass is 9.79. The Morgan fingerprint density at radius 2 is 1.78 bits per heavy atom. The van der Waals surface area contributed by atoms with Crippen molar-refractivity contribution >= 4 is 0 Å². The minimum Gasteiger partial charge on any atom is -0.316 e. The molecule has 2 aliphatic rings. The lowest BCUT2D eigenvalue weighted by molar-refractivity contribution is 0.244. The molecule has 1 aliphatic heterocycles. The molecule has 0 spiro atoms. The first-order valence-electron chi connectivity index (χ1n) is 3.97. The second-order valence-corrected chi connectivity index (χ2v) is 3.39. The van der Waals surface area contributed by atoms with Gasteiger partial charge in [0.1, 0.15) is 0 Å². The minimum absolute atomic E-state index is 0.984. The fraction of sp³-hybridized carbons (Fsp3) is 0.875. The summed E-state index contributed by atoms with van der Waals surface area (Å²) in [5, 5.41) is 3.47. The average Bonchev–Trinajstić information content (AvgIpc) is 1.88. The summed E-state index contributed by atoms with van der Waals surface area (Å²) in [6.45, 7) is 2.54. The molecule has 1 aliphatic carbocycles. The highest BCUT2D eigenvalue weighted by Gasteiger charge is 2.25. The second kappa shape index (κ2) is 2.30. The first-order valence-corrected chi connectivity index (χ1v) is 3.97. The van der Waals surface area contributed by atoms with Gasteiger partial charge in [0.15, 0.2) is 0 Å². The van der Waals surface area contributed by atoms with Crippen LogP contribution < -0.4 is 5.32 Å². The Morgan fingerprint density at radius 3 is 2.33 bits per heavy atom. The third-order valence-corrected chi connectivity index (χ3v) is 2.53. The van der Waals surface area contributed by atoms with Gasteiger partial charge < -0.3 is 5.32 Å². The van der Waals surface area contributed by atoms with Crippen LogP contribution in [0.5, 0.6) is 0 Å². The zero-order chi connectivity index (χ0) is 6.10. The van der Waals surface area contributed by atoms with E-state index in [2.05, 4.69) is 11.7 Å². The van der Waals surface area contributed by atoms with Crippen LogP contribution >= 0.6 is 0 Å². The first-order chi connectivity index (χ1) is 4.45. The lowest BCUT2D eigenvalue weighted by Crippen LogP contribution is -2.38. The van der Waals surface area contributed by atoms with Gasteiger partial charge in [-0.1, -0.05) is 0 Å². The van der Waals surface area contributed by atoms with Crippen molar-refractivity contribution in [3.63, 3.8) is 0 Å². The predicted molar refractivity (Wildman–Crippen MR) is 38.0 cm³/mol. The smallest absolute Gasteiger partial charge is 0.00202 e. The number of hydrogen-bond donors (Lipinski definition) is 1. The number of hydrogen-bond acceptors (Lipinski definition) is 1. The molecule has 1 nitrogen and oxygen atoms in total. The van der Waals surface area contributed by atoms with Gasteiger partial charge in [0, 0.05) is 0 Å². The van der Waals surface area contributed by atoms with E-state index >= 15 is 0 Å². The summed E-state index contributed by atoms with van der Waals surface area (Å²) in [7, 11) is 0. The number of nitrogens with one attached hydrogen (secondary N) is 1. The summed E-state index contributed by atoms with van der Waals surface area (Å²) >= 11 is 0. The van der Waals surface area contributed by atoms with Gasteiger partial charge in [0.25, 0.3) is 0 Å². The maximum absolute atomic E-state index is 3.47. The number of piperidine rings is 1. The predicted octanol–water partition coefficient (Wildman–Crippen LogP) is 1.21. The largest absolute Gasteiger partial charge is 0.316 e. The van der Waals surface area contributed by atoms with Crippen LogP contribution in [0.15, 0.2) is 0 Å². The van der Waals surface area contributed by atoms with E-state index in [1.54, 1.807) is 0 Å². The van der Waals surface area contributed by atoms with Crippen molar-refractivity contribution in [2.45, 2.75) is 19.3 Å². The summed E-state index contributed by atoms with van der Waals surface area (Å²) in [6, 6.07) is 0. The highest BCUT2D eigenvalue weighted by atomic mass is 14.9. The van der Waals surface area contributed by atoms with Gasteiger partial charge in [-0.05, 0) is 50.6 Å². The van der Waals surface area contributed by atoms with E-state index in [1.165, 1.54) is 32.4 Å². The zero-order valence-electron chi connectivity index (χ0n) is 5.77. The Balaban J connectivity index is 1.96. The van der Waals surface area contributed by atoms with E-state index in [9.17, 15) is 0 Å². The van der Waals surface area contributed by atoms with Crippen LogP contribution in [0.1, 0.15) is 19.3 Å². The Labute approximate surface area is 56.8 Å². The van der Waals surface area contributed by atoms with Gasteiger partial charge in [-0.25, -0.2) is 0 Å². The zero-order valence-corrected chi connectivity index (χ0v) is 5.77. The van der Waals surface area contributed by atoms with Crippen molar-refractivity contribution in [1.29, 1.82) is 0 Å². The molecule has 0 aromatic rings. The topological polar surface area (TPSA) is 12.0 Å². The summed E-state index contributed by atoms with van der Waals surface area (Å²) in [4.78, 5) is 0. The summed E-state index contributed by atoms with van der Waals surface area (Å²) in [6.07, 6.45) is 6.69.